The molecule has 1 saturated carbocycles. The largest absolute Gasteiger partial charge is 0.457 e. The van der Waals surface area contributed by atoms with Crippen LogP contribution in [0.1, 0.15) is 32.1 Å². The zero-order valence-electron chi connectivity index (χ0n) is 6.34. The maximum absolute atomic E-state index is 10.5. The second-order valence-corrected chi connectivity index (χ2v) is 4.20. The third kappa shape index (κ3) is 3.69. The average Bonchev–Trinajstić information content (AvgIpc) is 1.85. The van der Waals surface area contributed by atoms with Gasteiger partial charge >= 0.3 is 10.3 Å². The molecule has 0 aliphatic heterocycles. The van der Waals surface area contributed by atoms with Crippen molar-refractivity contribution in [3.05, 3.63) is 0 Å². The molecule has 1 rings (SSSR count). The van der Waals surface area contributed by atoms with E-state index in [1.807, 2.05) is 0 Å². The fourth-order valence-corrected chi connectivity index (χ4v) is 2.11. The van der Waals surface area contributed by atoms with Gasteiger partial charge in [-0.3, -0.25) is 0 Å². The van der Waals surface area contributed by atoms with Crippen LogP contribution < -0.4 is 4.72 Å². The van der Waals surface area contributed by atoms with Crippen LogP contribution in [0.5, 0.6) is 0 Å². The van der Waals surface area contributed by atoms with Gasteiger partial charge in [0, 0.05) is 6.04 Å². The first-order valence-electron chi connectivity index (χ1n) is 3.85. The highest BCUT2D eigenvalue weighted by Crippen LogP contribution is 2.17. The lowest BCUT2D eigenvalue weighted by Gasteiger charge is -2.19. The minimum atomic E-state index is -3.72. The molecule has 66 valence electrons. The SMILES string of the molecule is O=S(=O)([OH2+])NC1CCCCC1. The Bertz CT molecular complexity index is 206. The minimum absolute atomic E-state index is 0.0197. The molecule has 0 aromatic carbocycles. The van der Waals surface area contributed by atoms with Crippen molar-refractivity contribution in [2.75, 3.05) is 0 Å². The number of rotatable bonds is 2. The molecule has 0 spiro atoms. The van der Waals surface area contributed by atoms with Crippen molar-refractivity contribution in [1.29, 1.82) is 0 Å². The topological polar surface area (TPSA) is 69.1 Å². The van der Waals surface area contributed by atoms with Crippen LogP contribution in [-0.2, 0) is 10.3 Å². The van der Waals surface area contributed by atoms with Gasteiger partial charge in [0.1, 0.15) is 0 Å². The maximum Gasteiger partial charge on any atom is 0.457 e. The molecule has 0 saturated heterocycles. The van der Waals surface area contributed by atoms with E-state index < -0.39 is 10.3 Å². The van der Waals surface area contributed by atoms with Crippen molar-refractivity contribution in [3.8, 4) is 0 Å². The van der Waals surface area contributed by atoms with Crippen LogP contribution in [0.4, 0.5) is 0 Å². The molecule has 0 aromatic heterocycles. The van der Waals surface area contributed by atoms with Crippen molar-refractivity contribution in [3.63, 3.8) is 0 Å². The van der Waals surface area contributed by atoms with Crippen LogP contribution in [0.15, 0.2) is 0 Å². The number of hydrogen-bond acceptors (Lipinski definition) is 2. The Balaban J connectivity index is 2.36. The average molecular weight is 180 g/mol. The fraction of sp³-hybridized carbons (Fsp3) is 1.00. The smallest absolute Gasteiger partial charge is 0.319 e. The first-order chi connectivity index (χ1) is 5.08. The lowest BCUT2D eigenvalue weighted by Crippen LogP contribution is -2.35. The van der Waals surface area contributed by atoms with Crippen LogP contribution in [0.3, 0.4) is 0 Å². The predicted octanol–water partition coefficient (Wildman–Crippen LogP) is -0.122. The summed E-state index contributed by atoms with van der Waals surface area (Å²) in [4.78, 5) is 0. The van der Waals surface area contributed by atoms with E-state index in [1.54, 1.807) is 0 Å². The van der Waals surface area contributed by atoms with E-state index >= 15 is 0 Å². The zero-order chi connectivity index (χ0) is 8.32. The monoisotopic (exact) mass is 180 g/mol. The summed E-state index contributed by atoms with van der Waals surface area (Å²) in [6, 6.07) is 0.0197. The molecule has 0 amide bonds. The Morgan fingerprint density at radius 2 is 1.73 bits per heavy atom. The molecule has 11 heavy (non-hydrogen) atoms. The molecule has 0 radical (unpaired) electrons. The maximum atomic E-state index is 10.5. The molecule has 0 aromatic rings. The van der Waals surface area contributed by atoms with E-state index in [-0.39, 0.29) is 6.04 Å². The predicted molar refractivity (Wildman–Crippen MR) is 42.5 cm³/mol. The Morgan fingerprint density at radius 3 is 2.18 bits per heavy atom. The van der Waals surface area contributed by atoms with Crippen LogP contribution in [-0.4, -0.2) is 19.0 Å². The summed E-state index contributed by atoms with van der Waals surface area (Å²) in [6.07, 6.45) is 5.12. The van der Waals surface area contributed by atoms with E-state index in [2.05, 4.69) is 4.72 Å². The summed E-state index contributed by atoms with van der Waals surface area (Å²) in [5.41, 5.74) is 0. The zero-order valence-corrected chi connectivity index (χ0v) is 7.15. The molecule has 4 nitrogen and oxygen atoms in total. The summed E-state index contributed by atoms with van der Waals surface area (Å²) in [5.74, 6) is 0. The highest BCUT2D eigenvalue weighted by atomic mass is 32.2. The van der Waals surface area contributed by atoms with Crippen molar-refractivity contribution in [1.82, 2.24) is 4.72 Å². The molecule has 1 aliphatic rings. The third-order valence-electron chi connectivity index (χ3n) is 1.93. The third-order valence-corrected chi connectivity index (χ3v) is 2.57. The van der Waals surface area contributed by atoms with Gasteiger partial charge in [0.05, 0.1) is 0 Å². The molecule has 0 bridgehead atoms. The van der Waals surface area contributed by atoms with Gasteiger partial charge in [0.15, 0.2) is 0 Å². The summed E-state index contributed by atoms with van der Waals surface area (Å²) in [7, 11) is -3.72. The van der Waals surface area contributed by atoms with Gasteiger partial charge in [-0.25, -0.2) is 0 Å². The van der Waals surface area contributed by atoms with Gasteiger partial charge in [0.2, 0.25) is 0 Å². The minimum Gasteiger partial charge on any atom is -0.319 e. The first kappa shape index (κ1) is 8.96. The van der Waals surface area contributed by atoms with E-state index in [0.29, 0.717) is 0 Å². The van der Waals surface area contributed by atoms with Crippen molar-refractivity contribution in [2.24, 2.45) is 0 Å². The summed E-state index contributed by atoms with van der Waals surface area (Å²) in [5, 5.41) is 0. The summed E-state index contributed by atoms with van der Waals surface area (Å²) < 4.78 is 29.8. The van der Waals surface area contributed by atoms with Gasteiger partial charge in [-0.15, -0.1) is 13.1 Å². The molecule has 3 N–H and O–H groups in total. The Hall–Kier alpha value is -0.130. The summed E-state index contributed by atoms with van der Waals surface area (Å²) >= 11 is 0. The van der Waals surface area contributed by atoms with Crippen LogP contribution in [0, 0.1) is 0 Å². The highest BCUT2D eigenvalue weighted by molar-refractivity contribution is 7.83. The van der Waals surface area contributed by atoms with Gasteiger partial charge < -0.3 is 4.55 Å². The second kappa shape index (κ2) is 3.51. The number of nitrogens with one attached hydrogen (secondary N) is 1. The molecule has 0 unspecified atom stereocenters. The molecule has 0 atom stereocenters. The normalized spacial score (nSPS) is 21.9. The van der Waals surface area contributed by atoms with E-state index in [1.165, 1.54) is 6.42 Å². The Labute approximate surface area is 66.9 Å². The van der Waals surface area contributed by atoms with Crippen LogP contribution in [0.25, 0.3) is 0 Å². The lowest BCUT2D eigenvalue weighted by molar-refractivity contribution is 0.389. The fourth-order valence-electron chi connectivity index (χ4n) is 1.44. The molecule has 1 aliphatic carbocycles. The Morgan fingerprint density at radius 1 is 1.18 bits per heavy atom. The van der Waals surface area contributed by atoms with Crippen LogP contribution in [0.2, 0.25) is 0 Å². The molecular formula is C6H14NO3S+. The van der Waals surface area contributed by atoms with Crippen molar-refractivity contribution in [2.45, 2.75) is 38.1 Å². The van der Waals surface area contributed by atoms with Crippen molar-refractivity contribution >= 4 is 10.3 Å². The quantitative estimate of drug-likeness (QED) is 0.602. The number of hydrogen-bond donors (Lipinski definition) is 1. The van der Waals surface area contributed by atoms with Crippen LogP contribution >= 0.6 is 0 Å². The van der Waals surface area contributed by atoms with Gasteiger partial charge in [-0.1, -0.05) is 19.3 Å². The summed E-state index contributed by atoms with van der Waals surface area (Å²) in [6.45, 7) is 0. The molecule has 0 heterocycles. The first-order valence-corrected chi connectivity index (χ1v) is 5.33. The molecular weight excluding hydrogens is 166 g/mol. The van der Waals surface area contributed by atoms with E-state index in [0.717, 1.165) is 25.7 Å². The molecule has 5 heteroatoms. The van der Waals surface area contributed by atoms with Gasteiger partial charge in [0.25, 0.3) is 0 Å². The second-order valence-electron chi connectivity index (χ2n) is 2.96. The van der Waals surface area contributed by atoms with Gasteiger partial charge in [-0.2, -0.15) is 0 Å². The van der Waals surface area contributed by atoms with E-state index in [9.17, 15) is 8.42 Å². The highest BCUT2D eigenvalue weighted by Gasteiger charge is 2.20. The molecule has 1 fully saturated rings. The van der Waals surface area contributed by atoms with E-state index in [4.69, 9.17) is 4.55 Å². The van der Waals surface area contributed by atoms with Gasteiger partial charge in [-0.05, 0) is 12.8 Å². The van der Waals surface area contributed by atoms with Crippen molar-refractivity contribution < 1.29 is 13.0 Å². The standard InChI is InChI=1S/C6H13NO3S/c8-11(9,10)7-6-4-2-1-3-5-6/h6-7H,1-5H2,(H,8,9,10)/p+1. The Kier molecular flexibility index (Phi) is 2.86. The lowest BCUT2D eigenvalue weighted by atomic mass is 9.96.